The second kappa shape index (κ2) is 8.31. The highest BCUT2D eigenvalue weighted by Crippen LogP contribution is 2.36. The van der Waals surface area contributed by atoms with Crippen LogP contribution < -0.4 is 10.2 Å². The molecule has 2 aliphatic rings. The first kappa shape index (κ1) is 20.3. The van der Waals surface area contributed by atoms with Crippen molar-refractivity contribution in [2.24, 2.45) is 0 Å². The number of hydrogen-bond acceptors (Lipinski definition) is 4. The highest BCUT2D eigenvalue weighted by Gasteiger charge is 2.28. The van der Waals surface area contributed by atoms with Gasteiger partial charge in [-0.05, 0) is 52.9 Å². The van der Waals surface area contributed by atoms with Gasteiger partial charge in [-0.15, -0.1) is 0 Å². The summed E-state index contributed by atoms with van der Waals surface area (Å²) in [6.45, 7) is 2.36. The van der Waals surface area contributed by atoms with E-state index >= 15 is 0 Å². The SMILES string of the molecule is CCC(=O)N1CCc2cc(Br)c(S(=O)(=O)CCC(=O)NC3CCCC3)cc21. The first-order chi connectivity index (χ1) is 12.8. The molecule has 0 unspecified atom stereocenters. The Morgan fingerprint density at radius 2 is 1.96 bits per heavy atom. The second-order valence-electron chi connectivity index (χ2n) is 7.18. The van der Waals surface area contributed by atoms with Gasteiger partial charge in [0.1, 0.15) is 0 Å². The second-order valence-corrected chi connectivity index (χ2v) is 10.1. The molecule has 1 N–H and O–H groups in total. The number of sulfone groups is 1. The fourth-order valence-corrected chi connectivity index (χ4v) is 6.24. The van der Waals surface area contributed by atoms with Crippen molar-refractivity contribution in [1.82, 2.24) is 5.32 Å². The highest BCUT2D eigenvalue weighted by atomic mass is 79.9. The minimum atomic E-state index is -3.64. The monoisotopic (exact) mass is 456 g/mol. The Morgan fingerprint density at radius 1 is 1.26 bits per heavy atom. The molecule has 1 saturated carbocycles. The number of fused-ring (bicyclic) bond motifs is 1. The Hall–Kier alpha value is -1.41. The predicted molar refractivity (Wildman–Crippen MR) is 108 cm³/mol. The maximum absolute atomic E-state index is 12.8. The fraction of sp³-hybridized carbons (Fsp3) is 0.579. The molecule has 0 atom stereocenters. The summed E-state index contributed by atoms with van der Waals surface area (Å²) >= 11 is 3.35. The van der Waals surface area contributed by atoms with Crippen molar-refractivity contribution in [1.29, 1.82) is 0 Å². The third-order valence-corrected chi connectivity index (χ3v) is 7.95. The summed E-state index contributed by atoms with van der Waals surface area (Å²) in [5.74, 6) is -0.481. The van der Waals surface area contributed by atoms with Gasteiger partial charge in [-0.25, -0.2) is 8.42 Å². The molecule has 2 amide bonds. The molecule has 1 heterocycles. The lowest BCUT2D eigenvalue weighted by Crippen LogP contribution is -2.33. The third-order valence-electron chi connectivity index (χ3n) is 5.29. The number of carbonyl (C=O) groups excluding carboxylic acids is 2. The van der Waals surface area contributed by atoms with Crippen molar-refractivity contribution in [2.45, 2.75) is 62.8 Å². The van der Waals surface area contributed by atoms with Crippen LogP contribution in [0.25, 0.3) is 0 Å². The molecule has 0 radical (unpaired) electrons. The summed E-state index contributed by atoms with van der Waals surface area (Å²) in [5.41, 5.74) is 1.63. The van der Waals surface area contributed by atoms with E-state index in [-0.39, 0.29) is 34.9 Å². The van der Waals surface area contributed by atoms with Gasteiger partial charge in [-0.1, -0.05) is 19.8 Å². The summed E-state index contributed by atoms with van der Waals surface area (Å²) in [5, 5.41) is 2.92. The molecular weight excluding hydrogens is 432 g/mol. The van der Waals surface area contributed by atoms with Crippen molar-refractivity contribution in [3.63, 3.8) is 0 Å². The molecule has 1 aliphatic carbocycles. The van der Waals surface area contributed by atoms with Crippen LogP contribution in [-0.4, -0.2) is 38.6 Å². The number of nitrogens with zero attached hydrogens (tertiary/aromatic N) is 1. The summed E-state index contributed by atoms with van der Waals surface area (Å²) in [7, 11) is -3.64. The number of anilines is 1. The Morgan fingerprint density at radius 3 is 2.63 bits per heavy atom. The standard InChI is InChI=1S/C19H25BrN2O4S/c1-2-19(24)22-9-7-13-11-15(20)17(12-16(13)22)27(25,26)10-8-18(23)21-14-5-3-4-6-14/h11-12,14H,2-10H2,1H3,(H,21,23). The van der Waals surface area contributed by atoms with E-state index in [0.717, 1.165) is 31.2 Å². The Kier molecular flexibility index (Phi) is 6.25. The summed E-state index contributed by atoms with van der Waals surface area (Å²) in [4.78, 5) is 26.0. The number of carbonyl (C=O) groups is 2. The molecule has 148 valence electrons. The van der Waals surface area contributed by atoms with Gasteiger partial charge in [0.2, 0.25) is 11.8 Å². The van der Waals surface area contributed by atoms with E-state index in [4.69, 9.17) is 0 Å². The zero-order valence-electron chi connectivity index (χ0n) is 15.5. The molecule has 1 aromatic rings. The molecule has 6 nitrogen and oxygen atoms in total. The van der Waals surface area contributed by atoms with Crippen LogP contribution >= 0.6 is 15.9 Å². The summed E-state index contributed by atoms with van der Waals surface area (Å²) in [6.07, 6.45) is 5.19. The maximum atomic E-state index is 12.8. The van der Waals surface area contributed by atoms with E-state index in [9.17, 15) is 18.0 Å². The minimum absolute atomic E-state index is 0.0182. The average molecular weight is 457 g/mol. The quantitative estimate of drug-likeness (QED) is 0.712. The Balaban J connectivity index is 1.74. The van der Waals surface area contributed by atoms with Gasteiger partial charge < -0.3 is 10.2 Å². The number of halogens is 1. The normalized spacial score (nSPS) is 17.2. The minimum Gasteiger partial charge on any atom is -0.353 e. The molecule has 1 aromatic carbocycles. The maximum Gasteiger partial charge on any atom is 0.226 e. The zero-order valence-corrected chi connectivity index (χ0v) is 17.9. The summed E-state index contributed by atoms with van der Waals surface area (Å²) < 4.78 is 26.1. The molecular formula is C19H25BrN2O4S. The molecule has 3 rings (SSSR count). The van der Waals surface area contributed by atoms with Crippen LogP contribution in [-0.2, 0) is 25.8 Å². The Labute approximate surface area is 168 Å². The molecule has 8 heteroatoms. The molecule has 0 spiro atoms. The van der Waals surface area contributed by atoms with Gasteiger partial charge >= 0.3 is 0 Å². The van der Waals surface area contributed by atoms with Crippen molar-refractivity contribution >= 4 is 43.3 Å². The molecule has 0 aromatic heterocycles. The predicted octanol–water partition coefficient (Wildman–Crippen LogP) is 2.97. The molecule has 27 heavy (non-hydrogen) atoms. The van der Waals surface area contributed by atoms with Crippen LogP contribution in [0.5, 0.6) is 0 Å². The van der Waals surface area contributed by atoms with E-state index in [1.807, 2.05) is 0 Å². The van der Waals surface area contributed by atoms with Crippen LogP contribution in [0.2, 0.25) is 0 Å². The summed E-state index contributed by atoms with van der Waals surface area (Å²) in [6, 6.07) is 3.54. The molecule has 0 bridgehead atoms. The van der Waals surface area contributed by atoms with E-state index < -0.39 is 9.84 Å². The largest absolute Gasteiger partial charge is 0.353 e. The van der Waals surface area contributed by atoms with Gasteiger partial charge in [-0.2, -0.15) is 0 Å². The van der Waals surface area contributed by atoms with Gasteiger partial charge in [0.05, 0.1) is 10.6 Å². The zero-order chi connectivity index (χ0) is 19.6. The van der Waals surface area contributed by atoms with E-state index in [1.165, 1.54) is 0 Å². The van der Waals surface area contributed by atoms with Gasteiger partial charge in [0.25, 0.3) is 0 Å². The average Bonchev–Trinajstić information content (AvgIpc) is 3.28. The van der Waals surface area contributed by atoms with Crippen molar-refractivity contribution in [3.05, 3.63) is 22.2 Å². The lowest BCUT2D eigenvalue weighted by atomic mass is 10.2. The van der Waals surface area contributed by atoms with Crippen molar-refractivity contribution in [3.8, 4) is 0 Å². The lowest BCUT2D eigenvalue weighted by molar-refractivity contribution is -0.121. The highest BCUT2D eigenvalue weighted by molar-refractivity contribution is 9.10. The first-order valence-electron chi connectivity index (χ1n) is 9.46. The number of rotatable bonds is 6. The topological polar surface area (TPSA) is 83.6 Å². The van der Waals surface area contributed by atoms with Gasteiger partial charge in [0, 0.05) is 35.6 Å². The molecule has 1 fully saturated rings. The third kappa shape index (κ3) is 4.54. The van der Waals surface area contributed by atoms with Crippen LogP contribution in [0.3, 0.4) is 0 Å². The van der Waals surface area contributed by atoms with Crippen molar-refractivity contribution in [2.75, 3.05) is 17.2 Å². The van der Waals surface area contributed by atoms with E-state index in [1.54, 1.807) is 24.0 Å². The van der Waals surface area contributed by atoms with Crippen LogP contribution in [0.15, 0.2) is 21.5 Å². The van der Waals surface area contributed by atoms with Crippen LogP contribution in [0.1, 0.15) is 51.0 Å². The van der Waals surface area contributed by atoms with E-state index in [0.29, 0.717) is 29.5 Å². The molecule has 1 aliphatic heterocycles. The smallest absolute Gasteiger partial charge is 0.226 e. The number of hydrogen-bond donors (Lipinski definition) is 1. The van der Waals surface area contributed by atoms with Crippen LogP contribution in [0.4, 0.5) is 5.69 Å². The van der Waals surface area contributed by atoms with E-state index in [2.05, 4.69) is 21.2 Å². The van der Waals surface area contributed by atoms with Gasteiger partial charge in [-0.3, -0.25) is 9.59 Å². The van der Waals surface area contributed by atoms with Crippen molar-refractivity contribution < 1.29 is 18.0 Å². The Bertz CT molecular complexity index is 848. The lowest BCUT2D eigenvalue weighted by Gasteiger charge is -2.18. The number of benzene rings is 1. The van der Waals surface area contributed by atoms with Crippen LogP contribution in [0, 0.1) is 0 Å². The first-order valence-corrected chi connectivity index (χ1v) is 11.9. The van der Waals surface area contributed by atoms with Gasteiger partial charge in [0.15, 0.2) is 9.84 Å². The number of amides is 2. The molecule has 0 saturated heterocycles. The fourth-order valence-electron chi connectivity index (χ4n) is 3.78. The number of nitrogens with one attached hydrogen (secondary N) is 1.